The van der Waals surface area contributed by atoms with E-state index in [0.29, 0.717) is 11.5 Å². The normalized spacial score (nSPS) is 11.9. The molecule has 1 heterocycles. The third-order valence-corrected chi connectivity index (χ3v) is 2.81. The van der Waals surface area contributed by atoms with Gasteiger partial charge in [-0.1, -0.05) is 17.7 Å². The molecule has 1 unspecified atom stereocenters. The summed E-state index contributed by atoms with van der Waals surface area (Å²) in [5, 5.41) is 0. The van der Waals surface area contributed by atoms with Crippen LogP contribution in [0, 0.1) is 6.92 Å². The molecule has 2 aromatic rings. The fourth-order valence-electron chi connectivity index (χ4n) is 1.71. The average molecular weight is 260 g/mol. The third kappa shape index (κ3) is 3.37. The zero-order valence-electron chi connectivity index (χ0n) is 11.0. The molecule has 0 saturated heterocycles. The quantitative estimate of drug-likeness (QED) is 0.775. The van der Waals surface area contributed by atoms with Gasteiger partial charge in [0.2, 0.25) is 0 Å². The van der Waals surface area contributed by atoms with E-state index in [1.54, 1.807) is 12.1 Å². The smallest absolute Gasteiger partial charge is 0.319 e. The zero-order valence-corrected chi connectivity index (χ0v) is 11.0. The fourth-order valence-corrected chi connectivity index (χ4v) is 1.71. The maximum Gasteiger partial charge on any atom is 0.319 e. The molecule has 19 heavy (non-hydrogen) atoms. The van der Waals surface area contributed by atoms with E-state index in [1.165, 1.54) is 13.4 Å². The van der Waals surface area contributed by atoms with Crippen molar-refractivity contribution >= 4 is 5.97 Å². The molecule has 0 saturated carbocycles. The van der Waals surface area contributed by atoms with Crippen LogP contribution in [0.15, 0.2) is 47.1 Å². The van der Waals surface area contributed by atoms with Gasteiger partial charge in [-0.25, -0.2) is 0 Å². The Balaban J connectivity index is 2.05. The maximum absolute atomic E-state index is 11.7. The minimum Gasteiger partial charge on any atom is -0.492 e. The van der Waals surface area contributed by atoms with E-state index < -0.39 is 5.92 Å². The number of hydrogen-bond acceptors (Lipinski definition) is 4. The molecule has 0 spiro atoms. The minimum absolute atomic E-state index is 0.184. The van der Waals surface area contributed by atoms with Crippen molar-refractivity contribution in [2.45, 2.75) is 12.8 Å². The van der Waals surface area contributed by atoms with E-state index in [1.807, 2.05) is 31.2 Å². The van der Waals surface area contributed by atoms with E-state index in [9.17, 15) is 4.79 Å². The second-order valence-corrected chi connectivity index (χ2v) is 4.22. The number of aryl methyl sites for hydroxylation is 1. The van der Waals surface area contributed by atoms with Gasteiger partial charge in [0.25, 0.3) is 0 Å². The number of esters is 1. The Hall–Kier alpha value is -2.23. The summed E-state index contributed by atoms with van der Waals surface area (Å²) in [5.41, 5.74) is 1.16. The SMILES string of the molecule is COC(=O)C(COc1ccc(C)cc1)c1ccco1. The summed E-state index contributed by atoms with van der Waals surface area (Å²) in [4.78, 5) is 11.7. The minimum atomic E-state index is -0.554. The van der Waals surface area contributed by atoms with Crippen molar-refractivity contribution in [3.8, 4) is 5.75 Å². The standard InChI is InChI=1S/C15H16O4/c1-11-5-7-12(8-6-11)19-10-13(15(16)17-2)14-4-3-9-18-14/h3-9,13H,10H2,1-2H3. The molecule has 0 aliphatic heterocycles. The second-order valence-electron chi connectivity index (χ2n) is 4.22. The largest absolute Gasteiger partial charge is 0.492 e. The molecule has 0 radical (unpaired) electrons. The molecule has 0 aliphatic carbocycles. The van der Waals surface area contributed by atoms with Crippen LogP contribution >= 0.6 is 0 Å². The third-order valence-electron chi connectivity index (χ3n) is 2.81. The molecule has 0 N–H and O–H groups in total. The number of methoxy groups -OCH3 is 1. The Kier molecular flexibility index (Phi) is 4.23. The Labute approximate surface area is 111 Å². The average Bonchev–Trinajstić information content (AvgIpc) is 2.94. The van der Waals surface area contributed by atoms with Crippen molar-refractivity contribution in [2.75, 3.05) is 13.7 Å². The lowest BCUT2D eigenvalue weighted by molar-refractivity contribution is -0.143. The van der Waals surface area contributed by atoms with Gasteiger partial charge in [-0.3, -0.25) is 4.79 Å². The van der Waals surface area contributed by atoms with Gasteiger partial charge >= 0.3 is 5.97 Å². The van der Waals surface area contributed by atoms with Crippen molar-refractivity contribution in [1.29, 1.82) is 0 Å². The van der Waals surface area contributed by atoms with Gasteiger partial charge in [-0.2, -0.15) is 0 Å². The van der Waals surface area contributed by atoms with Crippen molar-refractivity contribution in [3.63, 3.8) is 0 Å². The Bertz CT molecular complexity index is 514. The molecule has 1 aromatic heterocycles. The molecule has 2 rings (SSSR count). The van der Waals surface area contributed by atoms with Gasteiger partial charge in [0.1, 0.15) is 24.0 Å². The van der Waals surface area contributed by atoms with Gasteiger partial charge in [-0.05, 0) is 31.2 Å². The van der Waals surface area contributed by atoms with Crippen LogP contribution in [0.4, 0.5) is 0 Å². The highest BCUT2D eigenvalue weighted by Gasteiger charge is 2.25. The van der Waals surface area contributed by atoms with E-state index in [-0.39, 0.29) is 12.6 Å². The summed E-state index contributed by atoms with van der Waals surface area (Å²) in [6.07, 6.45) is 1.52. The summed E-state index contributed by atoms with van der Waals surface area (Å²) in [6, 6.07) is 11.1. The number of carbonyl (C=O) groups excluding carboxylic acids is 1. The number of benzene rings is 1. The van der Waals surface area contributed by atoms with E-state index in [2.05, 4.69) is 0 Å². The molecular weight excluding hydrogens is 244 g/mol. The maximum atomic E-state index is 11.7. The summed E-state index contributed by atoms with van der Waals surface area (Å²) >= 11 is 0. The Morgan fingerprint density at radius 3 is 2.58 bits per heavy atom. The van der Waals surface area contributed by atoms with Gasteiger partial charge < -0.3 is 13.9 Å². The highest BCUT2D eigenvalue weighted by molar-refractivity contribution is 5.77. The van der Waals surface area contributed by atoms with Crippen molar-refractivity contribution in [3.05, 3.63) is 54.0 Å². The lowest BCUT2D eigenvalue weighted by Crippen LogP contribution is -2.20. The van der Waals surface area contributed by atoms with Crippen LogP contribution in [0.25, 0.3) is 0 Å². The van der Waals surface area contributed by atoms with Gasteiger partial charge in [0.05, 0.1) is 13.4 Å². The summed E-state index contributed by atoms with van der Waals surface area (Å²) < 4.78 is 15.6. The first kappa shape index (κ1) is 13.2. The lowest BCUT2D eigenvalue weighted by atomic mass is 10.1. The van der Waals surface area contributed by atoms with E-state index in [4.69, 9.17) is 13.9 Å². The van der Waals surface area contributed by atoms with Crippen molar-refractivity contribution in [1.82, 2.24) is 0 Å². The zero-order chi connectivity index (χ0) is 13.7. The molecule has 100 valence electrons. The number of carbonyl (C=O) groups is 1. The molecule has 0 bridgehead atoms. The van der Waals surface area contributed by atoms with Crippen molar-refractivity contribution < 1.29 is 18.7 Å². The first-order valence-corrected chi connectivity index (χ1v) is 6.01. The molecule has 0 fully saturated rings. The predicted octanol–water partition coefficient (Wildman–Crippen LogP) is 2.92. The molecule has 4 heteroatoms. The number of rotatable bonds is 5. The highest BCUT2D eigenvalue weighted by atomic mass is 16.5. The first-order chi connectivity index (χ1) is 9.20. The molecule has 1 atom stereocenters. The summed E-state index contributed by atoms with van der Waals surface area (Å²) in [7, 11) is 1.35. The van der Waals surface area contributed by atoms with Gasteiger partial charge in [0, 0.05) is 0 Å². The molecule has 4 nitrogen and oxygen atoms in total. The Morgan fingerprint density at radius 1 is 1.26 bits per heavy atom. The lowest BCUT2D eigenvalue weighted by Gasteiger charge is -2.13. The van der Waals surface area contributed by atoms with Crippen LogP contribution in [0.5, 0.6) is 5.75 Å². The molecular formula is C15H16O4. The van der Waals surface area contributed by atoms with E-state index in [0.717, 1.165) is 5.56 Å². The second kappa shape index (κ2) is 6.09. The van der Waals surface area contributed by atoms with E-state index >= 15 is 0 Å². The molecule has 0 amide bonds. The summed E-state index contributed by atoms with van der Waals surface area (Å²) in [6.45, 7) is 2.19. The van der Waals surface area contributed by atoms with Crippen LogP contribution < -0.4 is 4.74 Å². The number of ether oxygens (including phenoxy) is 2. The number of hydrogen-bond donors (Lipinski definition) is 0. The topological polar surface area (TPSA) is 48.7 Å². The van der Waals surface area contributed by atoms with Crippen LogP contribution in [0.3, 0.4) is 0 Å². The van der Waals surface area contributed by atoms with Crippen LogP contribution in [-0.2, 0) is 9.53 Å². The van der Waals surface area contributed by atoms with Crippen LogP contribution in [0.1, 0.15) is 17.2 Å². The Morgan fingerprint density at radius 2 is 2.00 bits per heavy atom. The van der Waals surface area contributed by atoms with Crippen molar-refractivity contribution in [2.24, 2.45) is 0 Å². The monoisotopic (exact) mass is 260 g/mol. The van der Waals surface area contributed by atoms with Gasteiger partial charge in [0.15, 0.2) is 0 Å². The highest BCUT2D eigenvalue weighted by Crippen LogP contribution is 2.20. The molecule has 1 aromatic carbocycles. The first-order valence-electron chi connectivity index (χ1n) is 6.01. The van der Waals surface area contributed by atoms with Gasteiger partial charge in [-0.15, -0.1) is 0 Å². The van der Waals surface area contributed by atoms with Crippen LogP contribution in [0.2, 0.25) is 0 Å². The summed E-state index contributed by atoms with van der Waals surface area (Å²) in [5.74, 6) is 0.327. The van der Waals surface area contributed by atoms with Crippen LogP contribution in [-0.4, -0.2) is 19.7 Å². The fraction of sp³-hybridized carbons (Fsp3) is 0.267. The number of furan rings is 1. The molecule has 0 aliphatic rings. The predicted molar refractivity (Wildman–Crippen MR) is 70.1 cm³/mol.